The standard InChI is InChI=1S/C18H27N3O4S.ClH/c1-3-25-16-7-6-15(20-18(22)13(2)14-11-19-12-14)10-17(16)26(23,24)21-8-4-5-9-21;/h6-7,10,13-14,19H,3-5,8-9,11-12H2,1-2H3,(H,20,22);1H. The van der Waals surface area contributed by atoms with Crippen LogP contribution < -0.4 is 15.4 Å². The van der Waals surface area contributed by atoms with Gasteiger partial charge in [-0.2, -0.15) is 4.31 Å². The number of rotatable bonds is 7. The molecule has 0 spiro atoms. The van der Waals surface area contributed by atoms with Crippen molar-refractivity contribution < 1.29 is 17.9 Å². The molecule has 9 heteroatoms. The lowest BCUT2D eigenvalue weighted by Gasteiger charge is -2.31. The number of benzene rings is 1. The molecule has 2 saturated heterocycles. The van der Waals surface area contributed by atoms with Crippen LogP contribution in [-0.2, 0) is 14.8 Å². The van der Waals surface area contributed by atoms with E-state index in [1.54, 1.807) is 12.1 Å². The lowest BCUT2D eigenvalue weighted by Crippen LogP contribution is -2.48. The van der Waals surface area contributed by atoms with Crippen molar-refractivity contribution >= 4 is 34.0 Å². The van der Waals surface area contributed by atoms with Crippen molar-refractivity contribution in [2.45, 2.75) is 31.6 Å². The summed E-state index contributed by atoms with van der Waals surface area (Å²) in [7, 11) is -3.63. The van der Waals surface area contributed by atoms with Crippen molar-refractivity contribution in [1.82, 2.24) is 9.62 Å². The topological polar surface area (TPSA) is 87.7 Å². The van der Waals surface area contributed by atoms with Gasteiger partial charge >= 0.3 is 0 Å². The Morgan fingerprint density at radius 1 is 1.33 bits per heavy atom. The van der Waals surface area contributed by atoms with E-state index in [0.717, 1.165) is 25.9 Å². The Bertz CT molecular complexity index is 762. The van der Waals surface area contributed by atoms with E-state index < -0.39 is 10.0 Å². The molecule has 1 unspecified atom stereocenters. The first-order valence-electron chi connectivity index (χ1n) is 9.22. The van der Waals surface area contributed by atoms with E-state index in [-0.39, 0.29) is 29.1 Å². The number of nitrogens with one attached hydrogen (secondary N) is 2. The maximum Gasteiger partial charge on any atom is 0.246 e. The number of carbonyl (C=O) groups is 1. The average Bonchev–Trinajstić information content (AvgIpc) is 3.10. The molecule has 1 amide bonds. The third-order valence-corrected chi connectivity index (χ3v) is 7.05. The third-order valence-electron chi connectivity index (χ3n) is 5.13. The van der Waals surface area contributed by atoms with Crippen molar-refractivity contribution in [1.29, 1.82) is 0 Å². The highest BCUT2D eigenvalue weighted by Crippen LogP contribution is 2.32. The van der Waals surface area contributed by atoms with Crippen LogP contribution in [0.25, 0.3) is 0 Å². The van der Waals surface area contributed by atoms with Gasteiger partial charge in [-0.15, -0.1) is 12.4 Å². The van der Waals surface area contributed by atoms with E-state index >= 15 is 0 Å². The summed E-state index contributed by atoms with van der Waals surface area (Å²) >= 11 is 0. The summed E-state index contributed by atoms with van der Waals surface area (Å²) in [6.45, 7) is 6.82. The molecule has 1 aromatic carbocycles. The Morgan fingerprint density at radius 2 is 2.00 bits per heavy atom. The summed E-state index contributed by atoms with van der Waals surface area (Å²) < 4.78 is 33.0. The molecule has 0 bridgehead atoms. The Hall–Kier alpha value is -1.35. The summed E-state index contributed by atoms with van der Waals surface area (Å²) in [6, 6.07) is 4.83. The summed E-state index contributed by atoms with van der Waals surface area (Å²) in [6.07, 6.45) is 1.74. The van der Waals surface area contributed by atoms with Gasteiger partial charge in [-0.1, -0.05) is 6.92 Å². The molecule has 2 heterocycles. The van der Waals surface area contributed by atoms with Crippen LogP contribution >= 0.6 is 12.4 Å². The van der Waals surface area contributed by atoms with E-state index in [2.05, 4.69) is 10.6 Å². The van der Waals surface area contributed by atoms with Gasteiger partial charge in [0.25, 0.3) is 0 Å². The summed E-state index contributed by atoms with van der Waals surface area (Å²) in [4.78, 5) is 12.6. The van der Waals surface area contributed by atoms with Crippen molar-refractivity contribution in [3.63, 3.8) is 0 Å². The third kappa shape index (κ3) is 4.74. The molecular weight excluding hydrogens is 390 g/mol. The molecule has 7 nitrogen and oxygen atoms in total. The van der Waals surface area contributed by atoms with Crippen LogP contribution in [0.1, 0.15) is 26.7 Å². The van der Waals surface area contributed by atoms with Gasteiger partial charge in [0.2, 0.25) is 15.9 Å². The summed E-state index contributed by atoms with van der Waals surface area (Å²) in [5.74, 6) is 0.436. The van der Waals surface area contributed by atoms with Crippen molar-refractivity contribution in [3.8, 4) is 5.75 Å². The van der Waals surface area contributed by atoms with Gasteiger partial charge in [0.15, 0.2) is 0 Å². The Kier molecular flexibility index (Phi) is 7.50. The van der Waals surface area contributed by atoms with Crippen molar-refractivity contribution in [2.24, 2.45) is 11.8 Å². The highest BCUT2D eigenvalue weighted by atomic mass is 35.5. The maximum absolute atomic E-state index is 13.0. The van der Waals surface area contributed by atoms with Crippen LogP contribution in [0.4, 0.5) is 5.69 Å². The van der Waals surface area contributed by atoms with Crippen LogP contribution in [-0.4, -0.2) is 51.4 Å². The van der Waals surface area contributed by atoms with E-state index in [1.165, 1.54) is 10.4 Å². The molecule has 2 N–H and O–H groups in total. The molecule has 27 heavy (non-hydrogen) atoms. The molecule has 0 aliphatic carbocycles. The molecule has 0 aromatic heterocycles. The van der Waals surface area contributed by atoms with Crippen molar-refractivity contribution in [2.75, 3.05) is 38.1 Å². The number of sulfonamides is 1. The highest BCUT2D eigenvalue weighted by Gasteiger charge is 2.31. The normalized spacial score (nSPS) is 19.0. The number of amides is 1. The molecule has 2 fully saturated rings. The molecule has 1 atom stereocenters. The predicted octanol–water partition coefficient (Wildman–Crippen LogP) is 2.09. The summed E-state index contributed by atoms with van der Waals surface area (Å²) in [5, 5.41) is 6.02. The Balaban J connectivity index is 0.00000261. The fourth-order valence-electron chi connectivity index (χ4n) is 3.26. The van der Waals surface area contributed by atoms with E-state index in [9.17, 15) is 13.2 Å². The average molecular weight is 418 g/mol. The zero-order chi connectivity index (χ0) is 18.7. The lowest BCUT2D eigenvalue weighted by atomic mass is 9.88. The fraction of sp³-hybridized carbons (Fsp3) is 0.611. The largest absolute Gasteiger partial charge is 0.492 e. The van der Waals surface area contributed by atoms with Crippen LogP contribution in [0.3, 0.4) is 0 Å². The predicted molar refractivity (Wildman–Crippen MR) is 107 cm³/mol. The molecule has 1 aromatic rings. The SMILES string of the molecule is CCOc1ccc(NC(=O)C(C)C2CNC2)cc1S(=O)(=O)N1CCCC1.Cl. The highest BCUT2D eigenvalue weighted by molar-refractivity contribution is 7.89. The zero-order valence-electron chi connectivity index (χ0n) is 15.7. The van der Waals surface area contributed by atoms with E-state index in [1.807, 2.05) is 13.8 Å². The van der Waals surface area contributed by atoms with Crippen LogP contribution in [0.15, 0.2) is 23.1 Å². The first kappa shape index (κ1) is 21.9. The van der Waals surface area contributed by atoms with Crippen LogP contribution in [0.5, 0.6) is 5.75 Å². The van der Waals surface area contributed by atoms with Gasteiger partial charge in [0.05, 0.1) is 6.61 Å². The second-order valence-electron chi connectivity index (χ2n) is 6.90. The van der Waals surface area contributed by atoms with E-state index in [0.29, 0.717) is 37.1 Å². The number of hydrogen-bond acceptors (Lipinski definition) is 5. The first-order chi connectivity index (χ1) is 12.4. The lowest BCUT2D eigenvalue weighted by molar-refractivity contribution is -0.121. The summed E-state index contributed by atoms with van der Waals surface area (Å²) in [5.41, 5.74) is 0.482. The molecule has 152 valence electrons. The number of nitrogens with zero attached hydrogens (tertiary/aromatic N) is 1. The number of halogens is 1. The number of anilines is 1. The molecule has 2 aliphatic heterocycles. The second kappa shape index (κ2) is 9.23. The maximum atomic E-state index is 13.0. The van der Waals surface area contributed by atoms with Crippen LogP contribution in [0.2, 0.25) is 0 Å². The number of ether oxygens (including phenoxy) is 1. The second-order valence-corrected chi connectivity index (χ2v) is 8.81. The van der Waals surface area contributed by atoms with E-state index in [4.69, 9.17) is 4.74 Å². The molecular formula is C18H28ClN3O4S. The number of carbonyl (C=O) groups excluding carboxylic acids is 1. The molecule has 0 saturated carbocycles. The minimum atomic E-state index is -3.63. The van der Waals surface area contributed by atoms with Gasteiger partial charge in [0, 0.05) is 24.7 Å². The minimum Gasteiger partial charge on any atom is -0.492 e. The first-order valence-corrected chi connectivity index (χ1v) is 10.7. The monoisotopic (exact) mass is 417 g/mol. The smallest absolute Gasteiger partial charge is 0.246 e. The van der Waals surface area contributed by atoms with Gasteiger partial charge in [-0.25, -0.2) is 8.42 Å². The van der Waals surface area contributed by atoms with Gasteiger partial charge < -0.3 is 15.4 Å². The minimum absolute atomic E-state index is 0. The quantitative estimate of drug-likeness (QED) is 0.709. The van der Waals surface area contributed by atoms with Gasteiger partial charge in [0.1, 0.15) is 10.6 Å². The fourth-order valence-corrected chi connectivity index (χ4v) is 4.94. The van der Waals surface area contributed by atoms with Gasteiger partial charge in [-0.05, 0) is 57.0 Å². The molecule has 0 radical (unpaired) electrons. The Labute approximate surface area is 167 Å². The molecule has 3 rings (SSSR count). The number of hydrogen-bond donors (Lipinski definition) is 2. The van der Waals surface area contributed by atoms with Crippen LogP contribution in [0, 0.1) is 11.8 Å². The zero-order valence-corrected chi connectivity index (χ0v) is 17.4. The van der Waals surface area contributed by atoms with Gasteiger partial charge in [-0.3, -0.25) is 4.79 Å². The Morgan fingerprint density at radius 3 is 2.56 bits per heavy atom. The van der Waals surface area contributed by atoms with Crippen molar-refractivity contribution in [3.05, 3.63) is 18.2 Å². The molecule has 2 aliphatic rings.